The normalized spacial score (nSPS) is 21.5. The van der Waals surface area contributed by atoms with Crippen molar-refractivity contribution in [2.75, 3.05) is 45.8 Å². The first kappa shape index (κ1) is 19.1. The molecule has 2 fully saturated rings. The van der Waals surface area contributed by atoms with E-state index in [0.29, 0.717) is 12.3 Å². The van der Waals surface area contributed by atoms with E-state index in [9.17, 15) is 4.79 Å². The quantitative estimate of drug-likeness (QED) is 0.864. The smallest absolute Gasteiger partial charge is 0.223 e. The molecular formula is C18H27ClN6O. The van der Waals surface area contributed by atoms with Crippen molar-refractivity contribution in [1.82, 2.24) is 29.7 Å². The Hall–Kier alpha value is -1.70. The van der Waals surface area contributed by atoms with Gasteiger partial charge in [0.2, 0.25) is 5.91 Å². The third-order valence-corrected chi connectivity index (χ3v) is 5.32. The molecule has 2 aliphatic rings. The van der Waals surface area contributed by atoms with Crippen molar-refractivity contribution in [1.29, 1.82) is 0 Å². The summed E-state index contributed by atoms with van der Waals surface area (Å²) in [4.78, 5) is 16.8. The zero-order valence-corrected chi connectivity index (χ0v) is 15.8. The number of amides is 1. The summed E-state index contributed by atoms with van der Waals surface area (Å²) in [5, 5.41) is 12.0. The van der Waals surface area contributed by atoms with E-state index in [0.717, 1.165) is 70.1 Å². The van der Waals surface area contributed by atoms with Crippen molar-refractivity contribution in [2.45, 2.75) is 25.2 Å². The summed E-state index contributed by atoms with van der Waals surface area (Å²) in [7, 11) is 0. The number of nitrogens with one attached hydrogen (secondary N) is 1. The van der Waals surface area contributed by atoms with Gasteiger partial charge in [-0.25, -0.2) is 0 Å². The summed E-state index contributed by atoms with van der Waals surface area (Å²) >= 11 is 0. The molecule has 2 aliphatic heterocycles. The Morgan fingerprint density at radius 2 is 2.04 bits per heavy atom. The third-order valence-electron chi connectivity index (χ3n) is 5.32. The fraction of sp³-hybridized carbons (Fsp3) is 0.611. The monoisotopic (exact) mass is 378 g/mol. The van der Waals surface area contributed by atoms with Crippen LogP contribution in [0.2, 0.25) is 0 Å². The maximum Gasteiger partial charge on any atom is 0.223 e. The van der Waals surface area contributed by atoms with E-state index in [1.54, 1.807) is 0 Å². The first-order chi connectivity index (χ1) is 12.3. The lowest BCUT2D eigenvalue weighted by Crippen LogP contribution is -2.47. The van der Waals surface area contributed by atoms with E-state index >= 15 is 0 Å². The molecule has 0 aliphatic carbocycles. The van der Waals surface area contributed by atoms with Crippen molar-refractivity contribution >= 4 is 24.0 Å². The molecule has 0 radical (unpaired) electrons. The van der Waals surface area contributed by atoms with Crippen LogP contribution in [0.15, 0.2) is 24.4 Å². The molecule has 2 aromatic heterocycles. The van der Waals surface area contributed by atoms with Crippen molar-refractivity contribution in [3.63, 3.8) is 0 Å². The number of hydrogen-bond donors (Lipinski definition) is 1. The highest BCUT2D eigenvalue weighted by atomic mass is 35.5. The van der Waals surface area contributed by atoms with E-state index < -0.39 is 0 Å². The van der Waals surface area contributed by atoms with E-state index in [4.69, 9.17) is 0 Å². The number of pyridine rings is 1. The molecule has 0 aromatic carbocycles. The Labute approximate surface area is 160 Å². The van der Waals surface area contributed by atoms with Crippen molar-refractivity contribution in [3.8, 4) is 0 Å². The van der Waals surface area contributed by atoms with Crippen LogP contribution in [0, 0.1) is 0 Å². The van der Waals surface area contributed by atoms with Gasteiger partial charge in [-0.2, -0.15) is 0 Å². The second kappa shape index (κ2) is 8.79. The number of likely N-dealkylation sites (tertiary alicyclic amines) is 1. The molecule has 2 saturated heterocycles. The second-order valence-electron chi connectivity index (χ2n) is 7.01. The van der Waals surface area contributed by atoms with Gasteiger partial charge in [0.1, 0.15) is 5.82 Å². The zero-order chi connectivity index (χ0) is 17.1. The highest BCUT2D eigenvalue weighted by Gasteiger charge is 2.26. The van der Waals surface area contributed by atoms with Crippen LogP contribution in [0.25, 0.3) is 5.65 Å². The van der Waals surface area contributed by atoms with Gasteiger partial charge in [0.05, 0.1) is 0 Å². The van der Waals surface area contributed by atoms with Crippen LogP contribution >= 0.6 is 12.4 Å². The van der Waals surface area contributed by atoms with Gasteiger partial charge in [0.15, 0.2) is 5.65 Å². The minimum Gasteiger partial charge on any atom is -0.340 e. The van der Waals surface area contributed by atoms with Crippen LogP contribution in [0.4, 0.5) is 0 Å². The lowest BCUT2D eigenvalue weighted by atomic mass is 9.97. The molecule has 142 valence electrons. The Morgan fingerprint density at radius 3 is 2.88 bits per heavy atom. The maximum absolute atomic E-state index is 12.4. The fourth-order valence-corrected chi connectivity index (χ4v) is 3.93. The van der Waals surface area contributed by atoms with Gasteiger partial charge in [-0.1, -0.05) is 6.07 Å². The minimum absolute atomic E-state index is 0. The van der Waals surface area contributed by atoms with Crippen molar-refractivity contribution < 1.29 is 4.79 Å². The molecule has 7 nitrogen and oxygen atoms in total. The summed E-state index contributed by atoms with van der Waals surface area (Å²) < 4.78 is 2.10. The third kappa shape index (κ3) is 4.16. The molecule has 0 saturated carbocycles. The molecule has 4 rings (SSSR count). The van der Waals surface area contributed by atoms with Crippen LogP contribution < -0.4 is 5.32 Å². The molecule has 4 heterocycles. The number of aromatic nitrogens is 3. The van der Waals surface area contributed by atoms with E-state index in [2.05, 4.69) is 24.8 Å². The van der Waals surface area contributed by atoms with Crippen LogP contribution in [0.3, 0.4) is 0 Å². The number of piperazine rings is 1. The molecule has 26 heavy (non-hydrogen) atoms. The SMILES string of the molecule is Cl.O=C(CCN1CCCC(c2nnc3ccccn23)C1)N1CCNCC1. The van der Waals surface area contributed by atoms with E-state index in [1.807, 2.05) is 29.3 Å². The topological polar surface area (TPSA) is 65.8 Å². The molecule has 0 spiro atoms. The van der Waals surface area contributed by atoms with Gasteiger partial charge in [0, 0.05) is 57.8 Å². The summed E-state index contributed by atoms with van der Waals surface area (Å²) in [6.45, 7) is 6.39. The van der Waals surface area contributed by atoms with Gasteiger partial charge in [-0.15, -0.1) is 22.6 Å². The van der Waals surface area contributed by atoms with Crippen molar-refractivity contribution in [2.24, 2.45) is 0 Å². The van der Waals surface area contributed by atoms with Crippen LogP contribution in [0.5, 0.6) is 0 Å². The fourth-order valence-electron chi connectivity index (χ4n) is 3.93. The maximum atomic E-state index is 12.4. The number of carbonyl (C=O) groups is 1. The van der Waals surface area contributed by atoms with Gasteiger partial charge >= 0.3 is 0 Å². The summed E-state index contributed by atoms with van der Waals surface area (Å²) in [6.07, 6.45) is 4.94. The summed E-state index contributed by atoms with van der Waals surface area (Å²) in [5.74, 6) is 1.73. The van der Waals surface area contributed by atoms with Crippen LogP contribution in [-0.2, 0) is 4.79 Å². The molecule has 1 N–H and O–H groups in total. The molecule has 1 amide bonds. The highest BCUT2D eigenvalue weighted by molar-refractivity contribution is 5.85. The molecule has 1 unspecified atom stereocenters. The van der Waals surface area contributed by atoms with Gasteiger partial charge in [-0.05, 0) is 31.5 Å². The zero-order valence-electron chi connectivity index (χ0n) is 15.0. The number of fused-ring (bicyclic) bond motifs is 1. The summed E-state index contributed by atoms with van der Waals surface area (Å²) in [5.41, 5.74) is 0.906. The Kier molecular flexibility index (Phi) is 6.45. The molecule has 8 heteroatoms. The molecular weight excluding hydrogens is 352 g/mol. The van der Waals surface area contributed by atoms with Gasteiger partial charge in [-0.3, -0.25) is 9.20 Å². The van der Waals surface area contributed by atoms with E-state index in [1.165, 1.54) is 0 Å². The number of rotatable bonds is 4. The molecule has 1 atom stereocenters. The number of nitrogens with zero attached hydrogens (tertiary/aromatic N) is 5. The number of hydrogen-bond acceptors (Lipinski definition) is 5. The predicted octanol–water partition coefficient (Wildman–Crippen LogP) is 1.15. The molecule has 2 aromatic rings. The van der Waals surface area contributed by atoms with Gasteiger partial charge < -0.3 is 15.1 Å². The lowest BCUT2D eigenvalue weighted by molar-refractivity contribution is -0.132. The largest absolute Gasteiger partial charge is 0.340 e. The Bertz CT molecular complexity index is 729. The lowest BCUT2D eigenvalue weighted by Gasteiger charge is -2.33. The average Bonchev–Trinajstić information content (AvgIpc) is 3.11. The first-order valence-corrected chi connectivity index (χ1v) is 9.32. The number of halogens is 1. The van der Waals surface area contributed by atoms with Crippen LogP contribution in [-0.4, -0.2) is 76.1 Å². The minimum atomic E-state index is 0. The summed E-state index contributed by atoms with van der Waals surface area (Å²) in [6, 6.07) is 6.00. The van der Waals surface area contributed by atoms with Crippen LogP contribution in [0.1, 0.15) is 31.0 Å². The number of piperidine rings is 1. The van der Waals surface area contributed by atoms with Crippen molar-refractivity contribution in [3.05, 3.63) is 30.2 Å². The predicted molar refractivity (Wildman–Crippen MR) is 103 cm³/mol. The number of carbonyl (C=O) groups excluding carboxylic acids is 1. The molecule has 0 bridgehead atoms. The average molecular weight is 379 g/mol. The van der Waals surface area contributed by atoms with E-state index in [-0.39, 0.29) is 18.3 Å². The van der Waals surface area contributed by atoms with Gasteiger partial charge in [0.25, 0.3) is 0 Å². The second-order valence-corrected chi connectivity index (χ2v) is 7.01. The Morgan fingerprint density at radius 1 is 1.19 bits per heavy atom. The Balaban J connectivity index is 0.00000196. The standard InChI is InChI=1S/C18H26N6O.ClH/c25-17(23-12-7-19-8-13-23)6-11-22-9-3-4-15(14-22)18-21-20-16-5-1-2-10-24(16)18;/h1-2,5,10,15,19H,3-4,6-9,11-14H2;1H. The first-order valence-electron chi connectivity index (χ1n) is 9.32. The highest BCUT2D eigenvalue weighted by Crippen LogP contribution is 2.26.